The van der Waals surface area contributed by atoms with Gasteiger partial charge in [-0.2, -0.15) is 0 Å². The van der Waals surface area contributed by atoms with E-state index in [1.54, 1.807) is 44.5 Å². The first-order valence-electron chi connectivity index (χ1n) is 22.6. The molecule has 3 amide bonds. The first-order chi connectivity index (χ1) is 33.1. The van der Waals surface area contributed by atoms with E-state index >= 15 is 0 Å². The Morgan fingerprint density at radius 2 is 1.46 bits per heavy atom. The molecule has 1 aliphatic rings. The minimum absolute atomic E-state index is 0.0267. The van der Waals surface area contributed by atoms with Gasteiger partial charge in [0.1, 0.15) is 36.9 Å². The lowest BCUT2D eigenvalue weighted by Gasteiger charge is -2.35. The number of aliphatic hydroxyl groups excluding tert-OH is 1. The van der Waals surface area contributed by atoms with Crippen LogP contribution in [0.1, 0.15) is 54.4 Å². The van der Waals surface area contributed by atoms with Crippen LogP contribution in [0.25, 0.3) is 43.7 Å². The fourth-order valence-corrected chi connectivity index (χ4v) is 8.94. The highest BCUT2D eigenvalue weighted by Gasteiger charge is 2.44. The van der Waals surface area contributed by atoms with Gasteiger partial charge in [0, 0.05) is 30.5 Å². The van der Waals surface area contributed by atoms with Gasteiger partial charge in [0.25, 0.3) is 0 Å². The molecule has 6 aromatic rings. The van der Waals surface area contributed by atoms with E-state index in [0.717, 1.165) is 38.4 Å². The van der Waals surface area contributed by atoms with Gasteiger partial charge >= 0.3 is 12.1 Å². The molecular weight excluding hydrogens is 906 g/mol. The van der Waals surface area contributed by atoms with Crippen LogP contribution in [0.4, 0.5) is 9.18 Å². The number of aliphatic hydroxyl groups is 1. The monoisotopic (exact) mass is 961 g/mol. The van der Waals surface area contributed by atoms with E-state index in [0.29, 0.717) is 35.7 Å². The number of pyridine rings is 1. The molecule has 3 heterocycles. The number of halogens is 1. The highest BCUT2D eigenvalue weighted by Crippen LogP contribution is 2.33. The summed E-state index contributed by atoms with van der Waals surface area (Å²) >= 11 is 1.56. The summed E-state index contributed by atoms with van der Waals surface area (Å²) in [6.45, 7) is 10.4. The Bertz CT molecular complexity index is 2760. The van der Waals surface area contributed by atoms with Crippen molar-refractivity contribution in [2.24, 2.45) is 5.41 Å². The number of likely N-dealkylation sites (tertiary alicyclic amines) is 1. The molecule has 4 N–H and O–H groups in total. The second kappa shape index (κ2) is 22.5. The van der Waals surface area contributed by atoms with Crippen LogP contribution in [-0.4, -0.2) is 113 Å². The number of nitrogens with one attached hydrogen (secondary N) is 2. The SMILES string of the molecule is Cc1ncsc1-c1ccc(CNC(=O)[C@@H]2C[C@@H](O)CN2C(=O)[C@@H](NC(=O)OCCOCCOCCOc2ccc(-c3ccc(-c4nc5ccc(F)cc5c(C(=O)O)c4C)cc3)cc2)C(C)(C)C)cc1. The van der Waals surface area contributed by atoms with Gasteiger partial charge < -0.3 is 44.7 Å². The number of ether oxygens (including phenoxy) is 4. The number of carbonyl (C=O) groups is 4. The zero-order valence-corrected chi connectivity index (χ0v) is 39.9. The number of hydrogen-bond donors (Lipinski definition) is 4. The number of aromatic nitrogens is 2. The number of nitrogens with zero attached hydrogens (tertiary/aromatic N) is 3. The number of amides is 3. The number of carbonyl (C=O) groups excluding carboxylic acids is 3. The summed E-state index contributed by atoms with van der Waals surface area (Å²) < 4.78 is 36.3. The molecule has 4 aromatic carbocycles. The van der Waals surface area contributed by atoms with Gasteiger partial charge in [-0.25, -0.2) is 23.9 Å². The van der Waals surface area contributed by atoms with Crippen molar-refractivity contribution in [1.29, 1.82) is 0 Å². The maximum Gasteiger partial charge on any atom is 0.407 e. The smallest absolute Gasteiger partial charge is 0.407 e. The minimum Gasteiger partial charge on any atom is -0.491 e. The lowest BCUT2D eigenvalue weighted by atomic mass is 9.85. The number of carboxylic acids is 1. The molecule has 3 atom stereocenters. The van der Waals surface area contributed by atoms with Crippen LogP contribution in [0, 0.1) is 25.1 Å². The molecule has 0 aliphatic carbocycles. The largest absolute Gasteiger partial charge is 0.491 e. The molecule has 69 heavy (non-hydrogen) atoms. The molecular formula is C52H56FN5O10S. The third-order valence-electron chi connectivity index (χ3n) is 11.7. The topological polar surface area (TPSA) is 199 Å². The standard InChI is InChI=1S/C52H56FN5O10S/c1-31-44(50(62)63)41-26-38(53)16-19-42(41)56-45(31)36-12-10-34(11-13-36)35-14-17-40(18-15-35)67-24-22-65-20-21-66-23-25-68-51(64)57-47(52(3,4)5)49(61)58-29-39(59)27-43(58)48(60)54-28-33-6-8-37(9-7-33)46-32(2)55-30-69-46/h6-19,26,30,39,43,47,59H,20-25,27-29H2,1-5H3,(H,54,60)(H,57,64)(H,62,63)/t39-,43+,47-/m1/s1. The molecule has 0 spiro atoms. The molecule has 0 saturated carbocycles. The van der Waals surface area contributed by atoms with Crippen molar-refractivity contribution in [2.75, 3.05) is 46.2 Å². The van der Waals surface area contributed by atoms with Crippen molar-refractivity contribution < 1.29 is 52.7 Å². The minimum atomic E-state index is -1.14. The Morgan fingerprint density at radius 3 is 2.10 bits per heavy atom. The predicted molar refractivity (Wildman–Crippen MR) is 259 cm³/mol. The zero-order valence-electron chi connectivity index (χ0n) is 39.1. The van der Waals surface area contributed by atoms with E-state index in [1.807, 2.05) is 79.7 Å². The van der Waals surface area contributed by atoms with Gasteiger partial charge in [0.05, 0.1) is 65.4 Å². The number of thiazole rings is 1. The predicted octanol–water partition coefficient (Wildman–Crippen LogP) is 7.98. The molecule has 0 bridgehead atoms. The number of rotatable bonds is 19. The molecule has 17 heteroatoms. The molecule has 2 aromatic heterocycles. The Morgan fingerprint density at radius 1 is 0.841 bits per heavy atom. The average molecular weight is 962 g/mol. The molecule has 362 valence electrons. The molecule has 15 nitrogen and oxygen atoms in total. The Hall–Kier alpha value is -6.79. The number of aromatic carboxylic acids is 1. The second-order valence-corrected chi connectivity index (χ2v) is 18.6. The first kappa shape index (κ1) is 50.1. The quantitative estimate of drug-likeness (QED) is 0.0572. The maximum absolute atomic E-state index is 13.9. The van der Waals surface area contributed by atoms with Crippen molar-refractivity contribution >= 4 is 46.1 Å². The van der Waals surface area contributed by atoms with Crippen molar-refractivity contribution in [1.82, 2.24) is 25.5 Å². The van der Waals surface area contributed by atoms with E-state index in [-0.39, 0.29) is 56.9 Å². The fourth-order valence-electron chi connectivity index (χ4n) is 8.13. The van der Waals surface area contributed by atoms with Crippen molar-refractivity contribution in [2.45, 2.75) is 65.8 Å². The lowest BCUT2D eigenvalue weighted by Crippen LogP contribution is -2.57. The van der Waals surface area contributed by atoms with Crippen LogP contribution >= 0.6 is 11.3 Å². The third kappa shape index (κ3) is 12.7. The van der Waals surface area contributed by atoms with Crippen molar-refractivity contribution in [3.8, 4) is 38.6 Å². The fraction of sp³-hybridized carbons (Fsp3) is 0.346. The highest BCUT2D eigenvalue weighted by molar-refractivity contribution is 7.13. The van der Waals surface area contributed by atoms with E-state index in [1.165, 1.54) is 23.1 Å². The van der Waals surface area contributed by atoms with Gasteiger partial charge in [0.15, 0.2) is 0 Å². The van der Waals surface area contributed by atoms with Crippen LogP contribution in [0.2, 0.25) is 0 Å². The second-order valence-electron chi connectivity index (χ2n) is 17.8. The van der Waals surface area contributed by atoms with Gasteiger partial charge in [-0.3, -0.25) is 9.59 Å². The molecule has 0 unspecified atom stereocenters. The number of alkyl carbamates (subject to hydrolysis) is 1. The Labute approximate surface area is 403 Å². The third-order valence-corrected chi connectivity index (χ3v) is 12.7. The lowest BCUT2D eigenvalue weighted by molar-refractivity contribution is -0.142. The summed E-state index contributed by atoms with van der Waals surface area (Å²) in [7, 11) is 0. The van der Waals surface area contributed by atoms with Crippen molar-refractivity contribution in [3.05, 3.63) is 125 Å². The van der Waals surface area contributed by atoms with Crippen LogP contribution in [-0.2, 0) is 30.3 Å². The molecule has 1 saturated heterocycles. The number of carboxylic acid groups (broad SMARTS) is 1. The molecule has 7 rings (SSSR count). The first-order valence-corrected chi connectivity index (χ1v) is 23.5. The number of fused-ring (bicyclic) bond motifs is 1. The van der Waals surface area contributed by atoms with Crippen LogP contribution in [0.3, 0.4) is 0 Å². The Balaban J connectivity index is 0.785. The van der Waals surface area contributed by atoms with E-state index in [2.05, 4.69) is 20.6 Å². The molecule has 1 aliphatic heterocycles. The summed E-state index contributed by atoms with van der Waals surface area (Å²) in [6.07, 6.45) is -1.64. The average Bonchev–Trinajstić information content (AvgIpc) is 3.95. The molecule has 1 fully saturated rings. The van der Waals surface area contributed by atoms with E-state index in [4.69, 9.17) is 18.9 Å². The number of benzene rings is 4. The van der Waals surface area contributed by atoms with Gasteiger partial charge in [0.2, 0.25) is 11.8 Å². The van der Waals surface area contributed by atoms with Crippen LogP contribution in [0.5, 0.6) is 5.75 Å². The van der Waals surface area contributed by atoms with Crippen molar-refractivity contribution in [3.63, 3.8) is 0 Å². The number of aryl methyl sites for hydroxylation is 1. The summed E-state index contributed by atoms with van der Waals surface area (Å²) in [5.41, 5.74) is 7.96. The Kier molecular flexibility index (Phi) is 16.4. The van der Waals surface area contributed by atoms with Crippen LogP contribution < -0.4 is 15.4 Å². The van der Waals surface area contributed by atoms with Gasteiger partial charge in [-0.1, -0.05) is 81.4 Å². The number of β-amino-alcohol motifs (C(OH)–C–C–N with tert-alkyl or cyclic N) is 1. The summed E-state index contributed by atoms with van der Waals surface area (Å²) in [5.74, 6) is -1.90. The summed E-state index contributed by atoms with van der Waals surface area (Å²) in [6, 6.07) is 25.0. The molecule has 0 radical (unpaired) electrons. The van der Waals surface area contributed by atoms with Gasteiger partial charge in [-0.15, -0.1) is 11.3 Å². The van der Waals surface area contributed by atoms with Crippen LogP contribution in [0.15, 0.2) is 96.5 Å². The van der Waals surface area contributed by atoms with E-state index in [9.17, 15) is 33.8 Å². The summed E-state index contributed by atoms with van der Waals surface area (Å²) in [4.78, 5) is 63.7. The summed E-state index contributed by atoms with van der Waals surface area (Å²) in [5, 5.41) is 26.3. The maximum atomic E-state index is 13.9. The van der Waals surface area contributed by atoms with Gasteiger partial charge in [-0.05, 0) is 77.4 Å². The highest BCUT2D eigenvalue weighted by atomic mass is 32.1. The van der Waals surface area contributed by atoms with E-state index < -0.39 is 53.3 Å². The normalized spacial score (nSPS) is 15.2. The zero-order chi connectivity index (χ0) is 49.2. The number of hydrogen-bond acceptors (Lipinski definition) is 12.